The van der Waals surface area contributed by atoms with Crippen molar-refractivity contribution in [3.8, 4) is 17.0 Å². The van der Waals surface area contributed by atoms with Gasteiger partial charge in [-0.1, -0.05) is 31.5 Å². The molecule has 0 saturated heterocycles. The Bertz CT molecular complexity index is 934. The van der Waals surface area contributed by atoms with Gasteiger partial charge in [0.15, 0.2) is 0 Å². The van der Waals surface area contributed by atoms with E-state index in [-0.39, 0.29) is 5.56 Å². The van der Waals surface area contributed by atoms with Crippen molar-refractivity contribution in [1.29, 1.82) is 0 Å². The highest BCUT2D eigenvalue weighted by Crippen LogP contribution is 2.28. The summed E-state index contributed by atoms with van der Waals surface area (Å²) in [5.74, 6) is -0.189. The SMILES string of the molecule is CCCCc1ccc2nc(-c3cccc(OCC)c3)cc(C(=O)O)c2c1. The molecule has 0 aliphatic carbocycles. The number of carbonyl (C=O) groups is 1. The topological polar surface area (TPSA) is 59.4 Å². The molecule has 0 aliphatic heterocycles. The zero-order valence-electron chi connectivity index (χ0n) is 15.2. The normalized spacial score (nSPS) is 10.8. The molecule has 1 heterocycles. The molecular weight excluding hydrogens is 326 g/mol. The van der Waals surface area contributed by atoms with E-state index < -0.39 is 5.97 Å². The van der Waals surface area contributed by atoms with Crippen LogP contribution in [0.25, 0.3) is 22.2 Å². The minimum Gasteiger partial charge on any atom is -0.494 e. The van der Waals surface area contributed by atoms with Gasteiger partial charge in [0.2, 0.25) is 0 Å². The molecule has 4 heteroatoms. The summed E-state index contributed by atoms with van der Waals surface area (Å²) in [5, 5.41) is 10.4. The maximum atomic E-state index is 11.8. The van der Waals surface area contributed by atoms with Crippen LogP contribution in [0.2, 0.25) is 0 Å². The summed E-state index contributed by atoms with van der Waals surface area (Å²) in [6, 6.07) is 15.1. The zero-order valence-corrected chi connectivity index (χ0v) is 15.2. The highest BCUT2D eigenvalue weighted by molar-refractivity contribution is 6.04. The summed E-state index contributed by atoms with van der Waals surface area (Å²) >= 11 is 0. The lowest BCUT2D eigenvalue weighted by Gasteiger charge is -2.10. The zero-order chi connectivity index (χ0) is 18.5. The molecule has 0 amide bonds. The first kappa shape index (κ1) is 17.9. The van der Waals surface area contributed by atoms with Gasteiger partial charge in [-0.25, -0.2) is 9.78 Å². The lowest BCUT2D eigenvalue weighted by molar-refractivity contribution is 0.0699. The number of hydrogen-bond donors (Lipinski definition) is 1. The Balaban J connectivity index is 2.10. The van der Waals surface area contributed by atoms with Crippen molar-refractivity contribution < 1.29 is 14.6 Å². The lowest BCUT2D eigenvalue weighted by atomic mass is 10.0. The molecule has 3 aromatic rings. The summed E-state index contributed by atoms with van der Waals surface area (Å²) in [6.07, 6.45) is 3.14. The van der Waals surface area contributed by atoms with Crippen molar-refractivity contribution in [3.63, 3.8) is 0 Å². The summed E-state index contributed by atoms with van der Waals surface area (Å²) in [7, 11) is 0. The van der Waals surface area contributed by atoms with Crippen molar-refractivity contribution in [2.75, 3.05) is 6.61 Å². The van der Waals surface area contributed by atoms with Gasteiger partial charge >= 0.3 is 5.97 Å². The summed E-state index contributed by atoms with van der Waals surface area (Å²) in [6.45, 7) is 4.66. The Hall–Kier alpha value is -2.88. The smallest absolute Gasteiger partial charge is 0.336 e. The number of fused-ring (bicyclic) bond motifs is 1. The minimum atomic E-state index is -0.938. The van der Waals surface area contributed by atoms with Crippen LogP contribution in [0.1, 0.15) is 42.6 Å². The third-order valence-electron chi connectivity index (χ3n) is 4.36. The van der Waals surface area contributed by atoms with Crippen LogP contribution in [0.15, 0.2) is 48.5 Å². The van der Waals surface area contributed by atoms with Crippen molar-refractivity contribution in [1.82, 2.24) is 4.98 Å². The number of rotatable bonds is 7. The molecule has 0 saturated carbocycles. The number of pyridine rings is 1. The van der Waals surface area contributed by atoms with Crippen LogP contribution in [0.5, 0.6) is 5.75 Å². The van der Waals surface area contributed by atoms with Gasteiger partial charge in [0.25, 0.3) is 0 Å². The first-order valence-electron chi connectivity index (χ1n) is 9.02. The van der Waals surface area contributed by atoms with E-state index in [2.05, 4.69) is 6.92 Å². The Kier molecular flexibility index (Phi) is 5.52. The molecule has 0 spiro atoms. The number of unbranched alkanes of at least 4 members (excludes halogenated alkanes) is 1. The molecule has 4 nitrogen and oxygen atoms in total. The second-order valence-corrected chi connectivity index (χ2v) is 6.28. The lowest BCUT2D eigenvalue weighted by Crippen LogP contribution is -2.01. The quantitative estimate of drug-likeness (QED) is 0.625. The fourth-order valence-corrected chi connectivity index (χ4v) is 3.05. The number of carboxylic acid groups (broad SMARTS) is 1. The molecule has 0 radical (unpaired) electrons. The third kappa shape index (κ3) is 3.85. The molecule has 3 rings (SSSR count). The molecule has 0 fully saturated rings. The molecule has 1 N–H and O–H groups in total. The number of hydrogen-bond acceptors (Lipinski definition) is 3. The monoisotopic (exact) mass is 349 g/mol. The molecular formula is C22H23NO3. The second-order valence-electron chi connectivity index (χ2n) is 6.28. The summed E-state index contributed by atoms with van der Waals surface area (Å²) < 4.78 is 5.54. The van der Waals surface area contributed by atoms with Crippen LogP contribution in [0.4, 0.5) is 0 Å². The van der Waals surface area contributed by atoms with Crippen molar-refractivity contribution in [2.45, 2.75) is 33.1 Å². The number of ether oxygens (including phenoxy) is 1. The van der Waals surface area contributed by atoms with Gasteiger partial charge in [-0.15, -0.1) is 0 Å². The van der Waals surface area contributed by atoms with Gasteiger partial charge in [0, 0.05) is 10.9 Å². The molecule has 134 valence electrons. The maximum Gasteiger partial charge on any atom is 0.336 e. The third-order valence-corrected chi connectivity index (χ3v) is 4.36. The van der Waals surface area contributed by atoms with E-state index >= 15 is 0 Å². The van der Waals surface area contributed by atoms with E-state index in [0.29, 0.717) is 23.2 Å². The minimum absolute atomic E-state index is 0.283. The standard InChI is InChI=1S/C22H23NO3/c1-3-5-7-15-10-11-20-18(12-15)19(22(24)25)14-21(23-20)16-8-6-9-17(13-16)26-4-2/h6,8-14H,3-5,7H2,1-2H3,(H,24,25). The van der Waals surface area contributed by atoms with Gasteiger partial charge in [0.1, 0.15) is 5.75 Å². The van der Waals surface area contributed by atoms with E-state index in [1.807, 2.05) is 49.4 Å². The van der Waals surface area contributed by atoms with Crippen LogP contribution in [-0.2, 0) is 6.42 Å². The molecule has 2 aromatic carbocycles. The Labute approximate surface area is 153 Å². The van der Waals surface area contributed by atoms with Crippen molar-refractivity contribution >= 4 is 16.9 Å². The van der Waals surface area contributed by atoms with Crippen LogP contribution < -0.4 is 4.74 Å². The fraction of sp³-hybridized carbons (Fsp3) is 0.273. The van der Waals surface area contributed by atoms with E-state index in [0.717, 1.165) is 36.1 Å². The van der Waals surface area contributed by atoms with Gasteiger partial charge in [-0.2, -0.15) is 0 Å². The molecule has 0 atom stereocenters. The number of carboxylic acids is 1. The highest BCUT2D eigenvalue weighted by atomic mass is 16.5. The van der Waals surface area contributed by atoms with Crippen LogP contribution >= 0.6 is 0 Å². The van der Waals surface area contributed by atoms with E-state index in [9.17, 15) is 9.90 Å². The number of aromatic nitrogens is 1. The number of aryl methyl sites for hydroxylation is 1. The Morgan fingerprint density at radius 3 is 2.69 bits per heavy atom. The van der Waals surface area contributed by atoms with Gasteiger partial charge < -0.3 is 9.84 Å². The highest BCUT2D eigenvalue weighted by Gasteiger charge is 2.14. The second kappa shape index (κ2) is 8.00. The van der Waals surface area contributed by atoms with E-state index in [1.165, 1.54) is 0 Å². The van der Waals surface area contributed by atoms with Crippen molar-refractivity contribution in [3.05, 3.63) is 59.7 Å². The number of nitrogens with zero attached hydrogens (tertiary/aromatic N) is 1. The molecule has 0 aliphatic rings. The summed E-state index contributed by atoms with van der Waals surface area (Å²) in [4.78, 5) is 16.5. The van der Waals surface area contributed by atoms with Crippen LogP contribution in [0, 0.1) is 0 Å². The maximum absolute atomic E-state index is 11.8. The van der Waals surface area contributed by atoms with Crippen LogP contribution in [0.3, 0.4) is 0 Å². The van der Waals surface area contributed by atoms with E-state index in [4.69, 9.17) is 9.72 Å². The summed E-state index contributed by atoms with van der Waals surface area (Å²) in [5.41, 5.74) is 3.61. The van der Waals surface area contributed by atoms with Crippen molar-refractivity contribution in [2.24, 2.45) is 0 Å². The number of benzene rings is 2. The van der Waals surface area contributed by atoms with Crippen LogP contribution in [-0.4, -0.2) is 22.7 Å². The predicted octanol–water partition coefficient (Wildman–Crippen LogP) is 5.34. The number of aromatic carboxylic acids is 1. The first-order valence-corrected chi connectivity index (χ1v) is 9.02. The Morgan fingerprint density at radius 1 is 1.12 bits per heavy atom. The fourth-order valence-electron chi connectivity index (χ4n) is 3.05. The van der Waals surface area contributed by atoms with Gasteiger partial charge in [0.05, 0.1) is 23.4 Å². The van der Waals surface area contributed by atoms with Gasteiger partial charge in [-0.05, 0) is 55.7 Å². The molecule has 0 bridgehead atoms. The molecule has 0 unspecified atom stereocenters. The van der Waals surface area contributed by atoms with Gasteiger partial charge in [-0.3, -0.25) is 0 Å². The average molecular weight is 349 g/mol. The molecule has 26 heavy (non-hydrogen) atoms. The first-order chi connectivity index (χ1) is 12.6. The average Bonchev–Trinajstić information content (AvgIpc) is 2.65. The largest absolute Gasteiger partial charge is 0.494 e. The molecule has 1 aromatic heterocycles. The van der Waals surface area contributed by atoms with E-state index in [1.54, 1.807) is 6.07 Å². The Morgan fingerprint density at radius 2 is 1.96 bits per heavy atom. The predicted molar refractivity (Wildman–Crippen MR) is 104 cm³/mol.